The number of halogens is 2. The Labute approximate surface area is 128 Å². The fourth-order valence-electron chi connectivity index (χ4n) is 2.35. The average Bonchev–Trinajstić information content (AvgIpc) is 2.99. The highest BCUT2D eigenvalue weighted by atomic mass is 19.3. The van der Waals surface area contributed by atoms with Crippen molar-refractivity contribution in [1.82, 2.24) is 4.90 Å². The minimum atomic E-state index is -2.94. The van der Waals surface area contributed by atoms with Crippen molar-refractivity contribution in [3.63, 3.8) is 0 Å². The molecule has 5 nitrogen and oxygen atoms in total. The molecule has 1 fully saturated rings. The average molecular weight is 314 g/mol. The lowest BCUT2D eigenvalue weighted by Gasteiger charge is -2.24. The van der Waals surface area contributed by atoms with E-state index in [4.69, 9.17) is 4.74 Å². The summed E-state index contributed by atoms with van der Waals surface area (Å²) < 4.78 is 34.7. The summed E-state index contributed by atoms with van der Waals surface area (Å²) >= 11 is 0. The van der Waals surface area contributed by atoms with Crippen LogP contribution < -0.4 is 10.1 Å². The molecule has 7 heteroatoms. The normalized spacial score (nSPS) is 17.5. The van der Waals surface area contributed by atoms with E-state index in [9.17, 15) is 13.6 Å². The molecule has 1 saturated heterocycles. The summed E-state index contributed by atoms with van der Waals surface area (Å²) in [5.74, 6) is -0.0565. The number of hydrogen-bond donors (Lipinski definition) is 1. The molecule has 1 atom stereocenters. The second kappa shape index (κ2) is 7.93. The van der Waals surface area contributed by atoms with Crippen molar-refractivity contribution in [2.24, 2.45) is 0 Å². The number of para-hydroxylation sites is 2. The fraction of sp³-hybridized carbons (Fsp3) is 0.533. The molecule has 122 valence electrons. The zero-order chi connectivity index (χ0) is 15.9. The molecule has 2 rings (SSSR count). The number of carbonyl (C=O) groups is 1. The molecule has 0 bridgehead atoms. The Morgan fingerprint density at radius 3 is 2.91 bits per heavy atom. The van der Waals surface area contributed by atoms with Crippen LogP contribution in [0.25, 0.3) is 0 Å². The molecule has 1 aliphatic rings. The van der Waals surface area contributed by atoms with Crippen LogP contribution in [-0.4, -0.2) is 43.3 Å². The Balaban J connectivity index is 2.00. The number of amides is 2. The second-order valence-corrected chi connectivity index (χ2v) is 4.98. The lowest BCUT2D eigenvalue weighted by atomic mass is 10.2. The van der Waals surface area contributed by atoms with Crippen molar-refractivity contribution in [3.05, 3.63) is 24.3 Å². The Bertz CT molecular complexity index is 493. The number of nitrogens with zero attached hydrogens (tertiary/aromatic N) is 1. The first-order valence-electron chi connectivity index (χ1n) is 7.31. The van der Waals surface area contributed by atoms with Gasteiger partial charge < -0.3 is 19.7 Å². The van der Waals surface area contributed by atoms with Gasteiger partial charge in [0.1, 0.15) is 5.75 Å². The standard InChI is InChI=1S/C15H20F2N2O3/c1-2-19(10-11-6-5-9-21-11)15(20)18-12-7-3-4-8-13(12)22-14(16)17/h3-4,7-8,11,14H,2,5-6,9-10H2,1H3,(H,18,20)/t11-/m0/s1. The molecular formula is C15H20F2N2O3. The van der Waals surface area contributed by atoms with Crippen molar-refractivity contribution in [2.45, 2.75) is 32.5 Å². The van der Waals surface area contributed by atoms with E-state index in [1.807, 2.05) is 6.92 Å². The number of nitrogens with one attached hydrogen (secondary N) is 1. The van der Waals surface area contributed by atoms with Crippen LogP contribution >= 0.6 is 0 Å². The van der Waals surface area contributed by atoms with Crippen LogP contribution in [-0.2, 0) is 4.74 Å². The van der Waals surface area contributed by atoms with E-state index < -0.39 is 6.61 Å². The summed E-state index contributed by atoms with van der Waals surface area (Å²) in [6.07, 6.45) is 1.96. The van der Waals surface area contributed by atoms with Gasteiger partial charge >= 0.3 is 12.6 Å². The number of rotatable bonds is 6. The number of hydrogen-bond acceptors (Lipinski definition) is 3. The molecule has 0 aromatic heterocycles. The third-order valence-electron chi connectivity index (χ3n) is 3.46. The molecule has 0 unspecified atom stereocenters. The highest BCUT2D eigenvalue weighted by Crippen LogP contribution is 2.26. The molecule has 1 aliphatic heterocycles. The maximum absolute atomic E-state index is 12.4. The van der Waals surface area contributed by atoms with Crippen LogP contribution in [0.3, 0.4) is 0 Å². The van der Waals surface area contributed by atoms with E-state index >= 15 is 0 Å². The van der Waals surface area contributed by atoms with Gasteiger partial charge in [-0.1, -0.05) is 12.1 Å². The number of carbonyl (C=O) groups excluding carboxylic acids is 1. The van der Waals surface area contributed by atoms with Gasteiger partial charge in [0.25, 0.3) is 0 Å². The fourth-order valence-corrected chi connectivity index (χ4v) is 2.35. The van der Waals surface area contributed by atoms with Crippen LogP contribution in [0, 0.1) is 0 Å². The van der Waals surface area contributed by atoms with Gasteiger partial charge in [0.2, 0.25) is 0 Å². The summed E-state index contributed by atoms with van der Waals surface area (Å²) in [4.78, 5) is 13.9. The predicted molar refractivity (Wildman–Crippen MR) is 78.3 cm³/mol. The lowest BCUT2D eigenvalue weighted by molar-refractivity contribution is -0.0493. The summed E-state index contributed by atoms with van der Waals surface area (Å²) in [5, 5.41) is 2.61. The van der Waals surface area contributed by atoms with E-state index in [2.05, 4.69) is 10.1 Å². The molecular weight excluding hydrogens is 294 g/mol. The molecule has 0 saturated carbocycles. The Morgan fingerprint density at radius 1 is 1.50 bits per heavy atom. The van der Waals surface area contributed by atoms with Crippen LogP contribution in [0.2, 0.25) is 0 Å². The first kappa shape index (κ1) is 16.5. The predicted octanol–water partition coefficient (Wildman–Crippen LogP) is 3.32. The summed E-state index contributed by atoms with van der Waals surface area (Å²) in [6.45, 7) is 0.626. The molecule has 1 aromatic rings. The first-order valence-corrected chi connectivity index (χ1v) is 7.31. The largest absolute Gasteiger partial charge is 0.433 e. The Hall–Kier alpha value is -1.89. The highest BCUT2D eigenvalue weighted by Gasteiger charge is 2.22. The van der Waals surface area contributed by atoms with Gasteiger partial charge in [-0.3, -0.25) is 0 Å². The molecule has 0 aliphatic carbocycles. The molecule has 1 heterocycles. The van der Waals surface area contributed by atoms with Crippen LogP contribution in [0.5, 0.6) is 5.75 Å². The number of urea groups is 1. The van der Waals surface area contributed by atoms with Crippen molar-refractivity contribution in [1.29, 1.82) is 0 Å². The monoisotopic (exact) mass is 314 g/mol. The van der Waals surface area contributed by atoms with Crippen LogP contribution in [0.15, 0.2) is 24.3 Å². The van der Waals surface area contributed by atoms with Crippen molar-refractivity contribution < 1.29 is 23.0 Å². The maximum Gasteiger partial charge on any atom is 0.387 e. The number of ether oxygens (including phenoxy) is 2. The first-order chi connectivity index (χ1) is 10.6. The summed E-state index contributed by atoms with van der Waals surface area (Å²) in [6, 6.07) is 5.76. The van der Waals surface area contributed by atoms with E-state index in [1.165, 1.54) is 12.1 Å². The van der Waals surface area contributed by atoms with E-state index in [0.29, 0.717) is 13.1 Å². The number of benzene rings is 1. The summed E-state index contributed by atoms with van der Waals surface area (Å²) in [7, 11) is 0. The van der Waals surface area contributed by atoms with E-state index in [1.54, 1.807) is 17.0 Å². The molecule has 2 amide bonds. The number of likely N-dealkylation sites (N-methyl/N-ethyl adjacent to an activating group) is 1. The maximum atomic E-state index is 12.4. The van der Waals surface area contributed by atoms with Crippen LogP contribution in [0.1, 0.15) is 19.8 Å². The SMILES string of the molecule is CCN(C[C@@H]1CCCO1)C(=O)Nc1ccccc1OC(F)F. The second-order valence-electron chi connectivity index (χ2n) is 4.98. The molecule has 0 spiro atoms. The van der Waals surface area contributed by atoms with Crippen molar-refractivity contribution >= 4 is 11.7 Å². The lowest BCUT2D eigenvalue weighted by Crippen LogP contribution is -2.40. The molecule has 1 N–H and O–H groups in total. The molecule has 1 aromatic carbocycles. The van der Waals surface area contributed by atoms with E-state index in [-0.39, 0.29) is 23.6 Å². The quantitative estimate of drug-likeness (QED) is 0.876. The Kier molecular flexibility index (Phi) is 5.94. The zero-order valence-corrected chi connectivity index (χ0v) is 12.4. The third kappa shape index (κ3) is 4.56. The molecule has 0 radical (unpaired) electrons. The van der Waals surface area contributed by atoms with Crippen LogP contribution in [0.4, 0.5) is 19.3 Å². The zero-order valence-electron chi connectivity index (χ0n) is 12.4. The summed E-state index contributed by atoms with van der Waals surface area (Å²) in [5.41, 5.74) is 0.221. The highest BCUT2D eigenvalue weighted by molar-refractivity contribution is 5.91. The van der Waals surface area contributed by atoms with Gasteiger partial charge in [-0.05, 0) is 31.9 Å². The van der Waals surface area contributed by atoms with E-state index in [0.717, 1.165) is 19.4 Å². The van der Waals surface area contributed by atoms with Crippen molar-refractivity contribution in [2.75, 3.05) is 25.0 Å². The Morgan fingerprint density at radius 2 is 2.27 bits per heavy atom. The van der Waals surface area contributed by atoms with Gasteiger partial charge in [-0.15, -0.1) is 0 Å². The number of alkyl halides is 2. The minimum Gasteiger partial charge on any atom is -0.433 e. The van der Waals surface area contributed by atoms with Gasteiger partial charge in [0.05, 0.1) is 11.8 Å². The number of anilines is 1. The van der Waals surface area contributed by atoms with Gasteiger partial charge in [0, 0.05) is 19.7 Å². The van der Waals surface area contributed by atoms with Gasteiger partial charge in [-0.2, -0.15) is 8.78 Å². The third-order valence-corrected chi connectivity index (χ3v) is 3.46. The van der Waals surface area contributed by atoms with Gasteiger partial charge in [-0.25, -0.2) is 4.79 Å². The smallest absolute Gasteiger partial charge is 0.387 e. The topological polar surface area (TPSA) is 50.8 Å². The van der Waals surface area contributed by atoms with Crippen molar-refractivity contribution in [3.8, 4) is 5.75 Å². The molecule has 22 heavy (non-hydrogen) atoms. The van der Waals surface area contributed by atoms with Gasteiger partial charge in [0.15, 0.2) is 0 Å². The minimum absolute atomic E-state index is 0.0401.